The average molecular weight is 478 g/mol. The van der Waals surface area contributed by atoms with Crippen LogP contribution in [0.2, 0.25) is 0 Å². The molecule has 0 saturated carbocycles. The number of aromatic nitrogens is 1. The number of sulfonamides is 1. The normalized spacial score (nSPS) is 11.9. The molecule has 0 saturated heterocycles. The number of methoxy groups -OCH3 is 2. The second kappa shape index (κ2) is 11.0. The molecule has 32 heavy (non-hydrogen) atoms. The predicted octanol–water partition coefficient (Wildman–Crippen LogP) is 3.39. The summed E-state index contributed by atoms with van der Waals surface area (Å²) >= 11 is 1.41. The summed E-state index contributed by atoms with van der Waals surface area (Å²) in [6.45, 7) is 3.02. The van der Waals surface area contributed by atoms with Crippen molar-refractivity contribution < 1.29 is 22.7 Å². The van der Waals surface area contributed by atoms with E-state index in [0.29, 0.717) is 10.7 Å². The summed E-state index contributed by atoms with van der Waals surface area (Å²) in [5.74, 6) is -0.346. The van der Waals surface area contributed by atoms with Gasteiger partial charge in [-0.1, -0.05) is 30.4 Å². The van der Waals surface area contributed by atoms with E-state index in [2.05, 4.69) is 17.2 Å². The molecule has 1 N–H and O–H groups in total. The highest BCUT2D eigenvalue weighted by molar-refractivity contribution is 7.89. The highest BCUT2D eigenvalue weighted by Crippen LogP contribution is 2.29. The summed E-state index contributed by atoms with van der Waals surface area (Å²) < 4.78 is 38.3. The van der Waals surface area contributed by atoms with Gasteiger partial charge in [0.1, 0.15) is 0 Å². The number of rotatable bonds is 11. The van der Waals surface area contributed by atoms with Crippen LogP contribution in [-0.4, -0.2) is 64.1 Å². The predicted molar refractivity (Wildman–Crippen MR) is 126 cm³/mol. The Morgan fingerprint density at radius 3 is 2.31 bits per heavy atom. The van der Waals surface area contributed by atoms with Crippen LogP contribution in [0.4, 0.5) is 5.13 Å². The van der Waals surface area contributed by atoms with Crippen molar-refractivity contribution in [1.82, 2.24) is 9.29 Å². The Morgan fingerprint density at radius 2 is 1.72 bits per heavy atom. The van der Waals surface area contributed by atoms with Gasteiger partial charge >= 0.3 is 0 Å². The van der Waals surface area contributed by atoms with Gasteiger partial charge in [-0.3, -0.25) is 10.1 Å². The van der Waals surface area contributed by atoms with Gasteiger partial charge in [-0.15, -0.1) is 0 Å². The Hall–Kier alpha value is -2.37. The monoisotopic (exact) mass is 477 g/mol. The minimum atomic E-state index is -3.74. The molecular weight excluding hydrogens is 450 g/mol. The van der Waals surface area contributed by atoms with Crippen molar-refractivity contribution in [2.24, 2.45) is 0 Å². The molecule has 1 amide bonds. The minimum absolute atomic E-state index is 0.105. The van der Waals surface area contributed by atoms with Crippen molar-refractivity contribution >= 4 is 42.6 Å². The van der Waals surface area contributed by atoms with Crippen LogP contribution < -0.4 is 5.32 Å². The first-order chi connectivity index (χ1) is 15.4. The minimum Gasteiger partial charge on any atom is -0.383 e. The molecule has 172 valence electrons. The number of para-hydroxylation sites is 1. The Morgan fingerprint density at radius 1 is 1.06 bits per heavy atom. The van der Waals surface area contributed by atoms with Crippen LogP contribution in [0.5, 0.6) is 0 Å². The van der Waals surface area contributed by atoms with E-state index in [0.717, 1.165) is 22.2 Å². The SMILES string of the molecule is CCc1cccc2sc(NC(=O)c3ccc(S(=O)(=O)N(CCOC)CCOC)cc3)nc12. The van der Waals surface area contributed by atoms with Crippen LogP contribution >= 0.6 is 11.3 Å². The lowest BCUT2D eigenvalue weighted by Gasteiger charge is -2.21. The van der Waals surface area contributed by atoms with Crippen LogP contribution in [0, 0.1) is 0 Å². The van der Waals surface area contributed by atoms with Gasteiger partial charge in [0, 0.05) is 32.9 Å². The van der Waals surface area contributed by atoms with Gasteiger partial charge in [-0.25, -0.2) is 13.4 Å². The standard InChI is InChI=1S/C22H27N3O5S2/c1-4-16-6-5-7-19-20(16)23-22(31-19)24-21(26)17-8-10-18(11-9-17)32(27,28)25(12-14-29-2)13-15-30-3/h5-11H,4,12-15H2,1-3H3,(H,23,24,26). The second-order valence-electron chi connectivity index (χ2n) is 7.00. The van der Waals surface area contributed by atoms with Gasteiger partial charge in [0.15, 0.2) is 5.13 Å². The van der Waals surface area contributed by atoms with Crippen molar-refractivity contribution in [2.45, 2.75) is 18.2 Å². The summed E-state index contributed by atoms with van der Waals surface area (Å²) in [6.07, 6.45) is 0.857. The Bertz CT molecular complexity index is 1150. The fourth-order valence-electron chi connectivity index (χ4n) is 3.18. The summed E-state index contributed by atoms with van der Waals surface area (Å²) in [5, 5.41) is 3.32. The Labute approximate surface area is 192 Å². The summed E-state index contributed by atoms with van der Waals surface area (Å²) in [6, 6.07) is 11.8. The van der Waals surface area contributed by atoms with E-state index >= 15 is 0 Å². The maximum atomic E-state index is 13.0. The highest BCUT2D eigenvalue weighted by atomic mass is 32.2. The summed E-state index contributed by atoms with van der Waals surface area (Å²) in [7, 11) is -0.707. The molecule has 2 aromatic carbocycles. The largest absolute Gasteiger partial charge is 0.383 e. The number of benzene rings is 2. The Balaban J connectivity index is 1.76. The second-order valence-corrected chi connectivity index (χ2v) is 9.97. The van der Waals surface area contributed by atoms with Crippen molar-refractivity contribution in [3.63, 3.8) is 0 Å². The molecular formula is C22H27N3O5S2. The number of carbonyl (C=O) groups excluding carboxylic acids is 1. The van der Waals surface area contributed by atoms with Gasteiger partial charge in [-0.05, 0) is 42.3 Å². The molecule has 0 radical (unpaired) electrons. The number of hydrogen-bond donors (Lipinski definition) is 1. The number of carbonyl (C=O) groups is 1. The number of nitrogens with zero attached hydrogens (tertiary/aromatic N) is 2. The van der Waals surface area contributed by atoms with E-state index in [-0.39, 0.29) is 37.1 Å². The zero-order valence-electron chi connectivity index (χ0n) is 18.3. The lowest BCUT2D eigenvalue weighted by molar-refractivity contribution is 0.102. The van der Waals surface area contributed by atoms with E-state index in [4.69, 9.17) is 9.47 Å². The van der Waals surface area contributed by atoms with E-state index in [1.54, 1.807) is 0 Å². The molecule has 0 atom stereocenters. The third-order valence-corrected chi connectivity index (χ3v) is 7.80. The summed E-state index contributed by atoms with van der Waals surface area (Å²) in [5.41, 5.74) is 2.36. The van der Waals surface area contributed by atoms with E-state index < -0.39 is 10.0 Å². The van der Waals surface area contributed by atoms with Crippen LogP contribution in [0.3, 0.4) is 0 Å². The molecule has 10 heteroatoms. The maximum absolute atomic E-state index is 13.0. The quantitative estimate of drug-likeness (QED) is 0.455. The average Bonchev–Trinajstić information content (AvgIpc) is 3.21. The lowest BCUT2D eigenvalue weighted by atomic mass is 10.1. The topological polar surface area (TPSA) is 97.8 Å². The third kappa shape index (κ3) is 5.51. The number of nitrogens with one attached hydrogen (secondary N) is 1. The van der Waals surface area contributed by atoms with Crippen LogP contribution in [-0.2, 0) is 25.9 Å². The van der Waals surface area contributed by atoms with Crippen LogP contribution in [0.25, 0.3) is 10.2 Å². The molecule has 0 bridgehead atoms. The summed E-state index contributed by atoms with van der Waals surface area (Å²) in [4.78, 5) is 17.3. The molecule has 0 aliphatic rings. The van der Waals surface area contributed by atoms with Gasteiger partial charge in [0.2, 0.25) is 10.0 Å². The molecule has 0 aliphatic carbocycles. The number of aryl methyl sites for hydroxylation is 1. The van der Waals surface area contributed by atoms with Gasteiger partial charge in [0.25, 0.3) is 5.91 Å². The zero-order valence-corrected chi connectivity index (χ0v) is 20.0. The van der Waals surface area contributed by atoms with Crippen molar-refractivity contribution in [2.75, 3.05) is 45.8 Å². The smallest absolute Gasteiger partial charge is 0.257 e. The molecule has 0 spiro atoms. The number of thiazole rings is 1. The zero-order chi connectivity index (χ0) is 23.1. The Kier molecular flexibility index (Phi) is 8.32. The first-order valence-corrected chi connectivity index (χ1v) is 12.4. The van der Waals surface area contributed by atoms with Crippen molar-refractivity contribution in [1.29, 1.82) is 0 Å². The van der Waals surface area contributed by atoms with E-state index in [9.17, 15) is 13.2 Å². The van der Waals surface area contributed by atoms with Gasteiger partial charge < -0.3 is 9.47 Å². The molecule has 3 aromatic rings. The fourth-order valence-corrected chi connectivity index (χ4v) is 5.50. The highest BCUT2D eigenvalue weighted by Gasteiger charge is 2.24. The number of amides is 1. The van der Waals surface area contributed by atoms with Gasteiger partial charge in [-0.2, -0.15) is 4.31 Å². The number of fused-ring (bicyclic) bond motifs is 1. The molecule has 0 fully saturated rings. The van der Waals surface area contributed by atoms with Crippen molar-refractivity contribution in [3.8, 4) is 0 Å². The lowest BCUT2D eigenvalue weighted by Crippen LogP contribution is -2.36. The molecule has 0 aliphatic heterocycles. The molecule has 8 nitrogen and oxygen atoms in total. The van der Waals surface area contributed by atoms with Gasteiger partial charge in [0.05, 0.1) is 28.3 Å². The van der Waals surface area contributed by atoms with Crippen LogP contribution in [0.1, 0.15) is 22.8 Å². The van der Waals surface area contributed by atoms with Crippen LogP contribution in [0.15, 0.2) is 47.4 Å². The molecule has 3 rings (SSSR count). The first kappa shape index (κ1) is 24.3. The number of ether oxygens (including phenoxy) is 2. The molecule has 0 unspecified atom stereocenters. The third-order valence-electron chi connectivity index (χ3n) is 4.95. The van der Waals surface area contributed by atoms with E-state index in [1.165, 1.54) is 54.1 Å². The fraction of sp³-hybridized carbons (Fsp3) is 0.364. The number of hydrogen-bond acceptors (Lipinski definition) is 7. The van der Waals surface area contributed by atoms with Crippen molar-refractivity contribution in [3.05, 3.63) is 53.6 Å². The first-order valence-electron chi connectivity index (χ1n) is 10.2. The molecule has 1 aromatic heterocycles. The maximum Gasteiger partial charge on any atom is 0.257 e. The molecule has 1 heterocycles. The van der Waals surface area contributed by atoms with E-state index in [1.807, 2.05) is 18.2 Å². The number of anilines is 1.